The molecule has 1 aliphatic heterocycles. The van der Waals surface area contributed by atoms with Crippen molar-refractivity contribution in [3.8, 4) is 0 Å². The fraction of sp³-hybridized carbons (Fsp3) is 1.00. The number of nitrogens with two attached hydrogens (primary N) is 1. The lowest BCUT2D eigenvalue weighted by atomic mass is 9.63. The first-order chi connectivity index (χ1) is 8.42. The molecule has 2 nitrogen and oxygen atoms in total. The van der Waals surface area contributed by atoms with Gasteiger partial charge in [0, 0.05) is 18.1 Å². The molecule has 1 saturated carbocycles. The Bertz CT molecular complexity index is 287. The van der Waals surface area contributed by atoms with Crippen molar-refractivity contribution in [2.24, 2.45) is 17.1 Å². The highest BCUT2D eigenvalue weighted by molar-refractivity contribution is 5.04. The van der Waals surface area contributed by atoms with Gasteiger partial charge in [-0.05, 0) is 56.4 Å². The Balaban J connectivity index is 2.23. The standard InChI is InChI=1S/C16H32N2/c1-5-14-7-6-8-18(14)16(12-17)10-13(2)9-15(3,4)11-16/h13-14H,5-12,17H2,1-4H3. The number of rotatable bonds is 3. The Kier molecular flexibility index (Phi) is 4.08. The van der Waals surface area contributed by atoms with Gasteiger partial charge in [-0.1, -0.05) is 27.7 Å². The van der Waals surface area contributed by atoms with E-state index < -0.39 is 0 Å². The Hall–Kier alpha value is -0.0800. The third-order valence-electron chi connectivity index (χ3n) is 5.27. The molecular weight excluding hydrogens is 220 g/mol. The van der Waals surface area contributed by atoms with Crippen LogP contribution in [-0.2, 0) is 0 Å². The molecule has 1 aliphatic carbocycles. The molecule has 3 atom stereocenters. The molecule has 1 saturated heterocycles. The van der Waals surface area contributed by atoms with E-state index in [1.165, 1.54) is 45.1 Å². The van der Waals surface area contributed by atoms with Gasteiger partial charge >= 0.3 is 0 Å². The van der Waals surface area contributed by atoms with Crippen LogP contribution in [0, 0.1) is 11.3 Å². The average Bonchev–Trinajstić information content (AvgIpc) is 2.74. The summed E-state index contributed by atoms with van der Waals surface area (Å²) in [6, 6.07) is 0.787. The van der Waals surface area contributed by atoms with Crippen LogP contribution in [0.25, 0.3) is 0 Å². The van der Waals surface area contributed by atoms with E-state index in [0.29, 0.717) is 11.0 Å². The van der Waals surface area contributed by atoms with Crippen molar-refractivity contribution in [3.05, 3.63) is 0 Å². The van der Waals surface area contributed by atoms with Gasteiger partial charge in [0.1, 0.15) is 0 Å². The first-order valence-corrected chi connectivity index (χ1v) is 7.89. The van der Waals surface area contributed by atoms with Crippen LogP contribution in [0.3, 0.4) is 0 Å². The third kappa shape index (κ3) is 2.60. The Morgan fingerprint density at radius 1 is 1.28 bits per heavy atom. The minimum Gasteiger partial charge on any atom is -0.329 e. The van der Waals surface area contributed by atoms with Gasteiger partial charge in [0.15, 0.2) is 0 Å². The van der Waals surface area contributed by atoms with Gasteiger partial charge in [-0.25, -0.2) is 0 Å². The summed E-state index contributed by atoms with van der Waals surface area (Å²) in [5, 5.41) is 0. The summed E-state index contributed by atoms with van der Waals surface area (Å²) in [5.74, 6) is 0.815. The van der Waals surface area contributed by atoms with Gasteiger partial charge in [0.05, 0.1) is 0 Å². The lowest BCUT2D eigenvalue weighted by molar-refractivity contribution is -0.0197. The zero-order valence-electron chi connectivity index (χ0n) is 12.8. The second kappa shape index (κ2) is 5.13. The van der Waals surface area contributed by atoms with Gasteiger partial charge in [-0.2, -0.15) is 0 Å². The van der Waals surface area contributed by atoms with Crippen LogP contribution in [0.15, 0.2) is 0 Å². The Labute approximate surface area is 113 Å². The molecule has 0 bridgehead atoms. The molecule has 3 unspecified atom stereocenters. The summed E-state index contributed by atoms with van der Waals surface area (Å²) in [7, 11) is 0. The van der Waals surface area contributed by atoms with E-state index in [0.717, 1.165) is 18.5 Å². The van der Waals surface area contributed by atoms with Gasteiger partial charge in [0.25, 0.3) is 0 Å². The molecule has 1 heterocycles. The Morgan fingerprint density at radius 3 is 2.56 bits per heavy atom. The maximum atomic E-state index is 6.28. The molecule has 0 radical (unpaired) electrons. The number of likely N-dealkylation sites (tertiary alicyclic amines) is 1. The van der Waals surface area contributed by atoms with Crippen molar-refractivity contribution < 1.29 is 0 Å². The van der Waals surface area contributed by atoms with E-state index in [4.69, 9.17) is 5.73 Å². The van der Waals surface area contributed by atoms with Crippen molar-refractivity contribution in [2.75, 3.05) is 13.1 Å². The third-order valence-corrected chi connectivity index (χ3v) is 5.27. The molecule has 2 N–H and O–H groups in total. The number of nitrogens with zero attached hydrogens (tertiary/aromatic N) is 1. The van der Waals surface area contributed by atoms with Gasteiger partial charge in [0.2, 0.25) is 0 Å². The fourth-order valence-electron chi connectivity index (χ4n) is 5.08. The Morgan fingerprint density at radius 2 is 2.00 bits per heavy atom. The minimum atomic E-state index is 0.290. The smallest absolute Gasteiger partial charge is 0.0342 e. The molecule has 18 heavy (non-hydrogen) atoms. The van der Waals surface area contributed by atoms with Gasteiger partial charge < -0.3 is 5.73 Å². The lowest BCUT2D eigenvalue weighted by Crippen LogP contribution is -2.60. The molecule has 0 amide bonds. The van der Waals surface area contributed by atoms with Crippen LogP contribution in [-0.4, -0.2) is 29.6 Å². The van der Waals surface area contributed by atoms with E-state index in [1.807, 2.05) is 0 Å². The van der Waals surface area contributed by atoms with Crippen LogP contribution in [0.5, 0.6) is 0 Å². The largest absolute Gasteiger partial charge is 0.329 e. The highest BCUT2D eigenvalue weighted by Crippen LogP contribution is 2.48. The van der Waals surface area contributed by atoms with Crippen molar-refractivity contribution >= 4 is 0 Å². The molecule has 0 aromatic rings. The summed E-state index contributed by atoms with van der Waals surface area (Å²) in [4.78, 5) is 2.80. The summed E-state index contributed by atoms with van der Waals surface area (Å²) >= 11 is 0. The first-order valence-electron chi connectivity index (χ1n) is 7.89. The molecule has 0 aromatic heterocycles. The summed E-state index contributed by atoms with van der Waals surface area (Å²) < 4.78 is 0. The minimum absolute atomic E-state index is 0.290. The predicted molar refractivity (Wildman–Crippen MR) is 78.6 cm³/mol. The van der Waals surface area contributed by atoms with Crippen molar-refractivity contribution in [2.45, 2.75) is 77.8 Å². The van der Waals surface area contributed by atoms with E-state index in [1.54, 1.807) is 0 Å². The predicted octanol–water partition coefficient (Wildman–Crippen LogP) is 3.40. The normalized spacial score (nSPS) is 41.2. The summed E-state index contributed by atoms with van der Waals surface area (Å²) in [6.45, 7) is 11.7. The van der Waals surface area contributed by atoms with Crippen LogP contribution in [0.4, 0.5) is 0 Å². The summed E-state index contributed by atoms with van der Waals surface area (Å²) in [6.07, 6.45) is 8.00. The van der Waals surface area contributed by atoms with Crippen LogP contribution < -0.4 is 5.73 Å². The summed E-state index contributed by atoms with van der Waals surface area (Å²) in [5.41, 5.74) is 7.02. The molecular formula is C16H32N2. The number of hydrogen-bond acceptors (Lipinski definition) is 2. The molecule has 0 aromatic carbocycles. The molecule has 2 rings (SSSR count). The van der Waals surface area contributed by atoms with Crippen molar-refractivity contribution in [3.63, 3.8) is 0 Å². The average molecular weight is 252 g/mol. The monoisotopic (exact) mass is 252 g/mol. The van der Waals surface area contributed by atoms with Gasteiger partial charge in [-0.3, -0.25) is 4.90 Å². The maximum absolute atomic E-state index is 6.28. The zero-order chi connectivity index (χ0) is 13.4. The molecule has 0 spiro atoms. The second-order valence-electron chi connectivity index (χ2n) is 7.68. The van der Waals surface area contributed by atoms with E-state index in [9.17, 15) is 0 Å². The van der Waals surface area contributed by atoms with Crippen molar-refractivity contribution in [1.29, 1.82) is 0 Å². The molecule has 2 fully saturated rings. The second-order valence-corrected chi connectivity index (χ2v) is 7.68. The van der Waals surface area contributed by atoms with Crippen LogP contribution in [0.1, 0.15) is 66.2 Å². The highest BCUT2D eigenvalue weighted by Gasteiger charge is 2.48. The van der Waals surface area contributed by atoms with Gasteiger partial charge in [-0.15, -0.1) is 0 Å². The van der Waals surface area contributed by atoms with E-state index in [2.05, 4.69) is 32.6 Å². The first kappa shape index (κ1) is 14.3. The van der Waals surface area contributed by atoms with Crippen LogP contribution in [0.2, 0.25) is 0 Å². The fourth-order valence-corrected chi connectivity index (χ4v) is 5.08. The lowest BCUT2D eigenvalue weighted by Gasteiger charge is -2.53. The van der Waals surface area contributed by atoms with E-state index >= 15 is 0 Å². The van der Waals surface area contributed by atoms with Crippen LogP contribution >= 0.6 is 0 Å². The topological polar surface area (TPSA) is 29.3 Å². The quantitative estimate of drug-likeness (QED) is 0.834. The molecule has 2 heteroatoms. The van der Waals surface area contributed by atoms with Crippen molar-refractivity contribution in [1.82, 2.24) is 4.90 Å². The van der Waals surface area contributed by atoms with E-state index in [-0.39, 0.29) is 0 Å². The zero-order valence-corrected chi connectivity index (χ0v) is 12.8. The SMILES string of the molecule is CCC1CCCN1C1(CN)CC(C)CC(C)(C)C1. The molecule has 2 aliphatic rings. The maximum Gasteiger partial charge on any atom is 0.0342 e. The number of hydrogen-bond donors (Lipinski definition) is 1. The highest BCUT2D eigenvalue weighted by atomic mass is 15.3. The molecule has 106 valence electrons.